The van der Waals surface area contributed by atoms with E-state index >= 15 is 0 Å². The molecular formula is C42H19N3O7. The molecule has 0 atom stereocenters. The number of anilines is 3. The number of carbonyl (C=O) groups is 6. The third-order valence-corrected chi connectivity index (χ3v) is 8.92. The lowest BCUT2D eigenvalue weighted by Crippen LogP contribution is -2.35. The Hall–Kier alpha value is -8.00. The summed E-state index contributed by atoms with van der Waals surface area (Å²) in [5, 5.41) is 0. The van der Waals surface area contributed by atoms with Crippen molar-refractivity contribution in [2.45, 2.75) is 0 Å². The van der Waals surface area contributed by atoms with Gasteiger partial charge in [0.2, 0.25) is 0 Å². The number of benzene rings is 5. The molecule has 0 fully saturated rings. The fourth-order valence-electron chi connectivity index (χ4n) is 6.40. The van der Waals surface area contributed by atoms with Crippen LogP contribution in [-0.2, 0) is 0 Å². The first-order valence-corrected chi connectivity index (χ1v) is 15.5. The van der Waals surface area contributed by atoms with Crippen LogP contribution in [0.1, 0.15) is 78.8 Å². The maximum atomic E-state index is 13.8. The van der Waals surface area contributed by atoms with Crippen LogP contribution in [0.5, 0.6) is 11.5 Å². The van der Waals surface area contributed by atoms with Crippen LogP contribution in [0.2, 0.25) is 0 Å². The van der Waals surface area contributed by atoms with Gasteiger partial charge < -0.3 is 4.74 Å². The van der Waals surface area contributed by atoms with Crippen molar-refractivity contribution in [1.29, 1.82) is 0 Å². The normalized spacial score (nSPS) is 14.2. The molecule has 0 unspecified atom stereocenters. The summed E-state index contributed by atoms with van der Waals surface area (Å²) in [5.74, 6) is 3.91. The van der Waals surface area contributed by atoms with Crippen molar-refractivity contribution in [3.8, 4) is 48.5 Å². The van der Waals surface area contributed by atoms with Crippen molar-refractivity contribution < 1.29 is 33.5 Å². The number of hydrogen-bond acceptors (Lipinski definition) is 7. The van der Waals surface area contributed by atoms with Crippen LogP contribution in [0.25, 0.3) is 0 Å². The van der Waals surface area contributed by atoms with E-state index in [4.69, 9.17) is 24.0 Å². The Labute approximate surface area is 295 Å². The van der Waals surface area contributed by atoms with E-state index in [2.05, 4.69) is 17.8 Å². The van der Waals surface area contributed by atoms with Gasteiger partial charge in [0, 0.05) is 22.8 Å². The van der Waals surface area contributed by atoms with E-state index in [1.807, 2.05) is 0 Å². The van der Waals surface area contributed by atoms with Gasteiger partial charge in [0.05, 0.1) is 50.4 Å². The zero-order chi connectivity index (χ0) is 36.4. The van der Waals surface area contributed by atoms with Crippen LogP contribution in [0, 0.1) is 37.0 Å². The van der Waals surface area contributed by atoms with Crippen molar-refractivity contribution in [2.24, 2.45) is 0 Å². The summed E-state index contributed by atoms with van der Waals surface area (Å²) in [6, 6.07) is 23.7. The molecule has 0 saturated heterocycles. The Morgan fingerprint density at radius 3 is 1.23 bits per heavy atom. The third kappa shape index (κ3) is 4.59. The lowest BCUT2D eigenvalue weighted by molar-refractivity contribution is 0.0904. The molecule has 8 rings (SSSR count). The number of ether oxygens (including phenoxy) is 1. The van der Waals surface area contributed by atoms with Crippen molar-refractivity contribution in [3.63, 3.8) is 0 Å². The van der Waals surface area contributed by atoms with E-state index in [-0.39, 0.29) is 61.9 Å². The summed E-state index contributed by atoms with van der Waals surface area (Å²) in [5.41, 5.74) is 2.11. The van der Waals surface area contributed by atoms with Crippen molar-refractivity contribution in [3.05, 3.63) is 147 Å². The zero-order valence-electron chi connectivity index (χ0n) is 26.7. The minimum atomic E-state index is -0.721. The van der Waals surface area contributed by atoms with E-state index < -0.39 is 35.4 Å². The molecule has 0 bridgehead atoms. The molecule has 0 radical (unpaired) electrons. The Morgan fingerprint density at radius 2 is 0.769 bits per heavy atom. The van der Waals surface area contributed by atoms with Gasteiger partial charge in [-0.2, -0.15) is 0 Å². The number of rotatable bonds is 5. The van der Waals surface area contributed by atoms with Crippen LogP contribution in [0.4, 0.5) is 17.1 Å². The van der Waals surface area contributed by atoms with Crippen molar-refractivity contribution >= 4 is 52.5 Å². The van der Waals surface area contributed by atoms with E-state index in [0.29, 0.717) is 16.7 Å². The number of nitrogens with zero attached hydrogens (tertiary/aromatic N) is 3. The molecule has 6 amide bonds. The van der Waals surface area contributed by atoms with Crippen molar-refractivity contribution in [1.82, 2.24) is 0 Å². The fraction of sp³-hybridized carbons (Fsp3) is 0. The number of terminal acetylenes is 3. The highest BCUT2D eigenvalue weighted by Crippen LogP contribution is 2.42. The minimum Gasteiger partial charge on any atom is -0.457 e. The van der Waals surface area contributed by atoms with Gasteiger partial charge in [0.15, 0.2) is 0 Å². The summed E-state index contributed by atoms with van der Waals surface area (Å²) in [6.45, 7) is 0. The Morgan fingerprint density at radius 1 is 0.385 bits per heavy atom. The third-order valence-electron chi connectivity index (χ3n) is 8.92. The molecule has 3 aliphatic rings. The highest BCUT2D eigenvalue weighted by Gasteiger charge is 2.43. The molecule has 52 heavy (non-hydrogen) atoms. The fourth-order valence-corrected chi connectivity index (χ4v) is 6.40. The molecule has 0 aliphatic carbocycles. The maximum Gasteiger partial charge on any atom is 0.266 e. The number of hydrogen-bond donors (Lipinski definition) is 0. The highest BCUT2D eigenvalue weighted by molar-refractivity contribution is 6.39. The molecule has 0 N–H and O–H groups in total. The highest BCUT2D eigenvalue weighted by atomic mass is 16.5. The van der Waals surface area contributed by atoms with Crippen LogP contribution in [0.3, 0.4) is 0 Å². The first-order chi connectivity index (χ1) is 25.1. The van der Waals surface area contributed by atoms with Gasteiger partial charge in [-0.3, -0.25) is 28.8 Å². The smallest absolute Gasteiger partial charge is 0.266 e. The molecule has 10 nitrogen and oxygen atoms in total. The molecule has 0 spiro atoms. The molecule has 244 valence electrons. The van der Waals surface area contributed by atoms with Crippen LogP contribution >= 0.6 is 0 Å². The van der Waals surface area contributed by atoms with E-state index in [1.165, 1.54) is 91.0 Å². The molecule has 10 heteroatoms. The summed E-state index contributed by atoms with van der Waals surface area (Å²) >= 11 is 0. The Kier molecular flexibility index (Phi) is 6.95. The van der Waals surface area contributed by atoms with Gasteiger partial charge in [-0.1, -0.05) is 17.8 Å². The van der Waals surface area contributed by atoms with Gasteiger partial charge in [-0.05, 0) is 91.0 Å². The Balaban J connectivity index is 1.16. The SMILES string of the molecule is C#Cc1ccc2c(c1)C(=O)N(c1ccc(Oc3ccc(N4C(=O)c5ccc(C#C)cc5C4=O)c(N4C(=O)c5ccc(C#C)cc5C4=O)c3)cc1)C2=O. The van der Waals surface area contributed by atoms with E-state index in [0.717, 1.165) is 14.7 Å². The predicted molar refractivity (Wildman–Crippen MR) is 190 cm³/mol. The molecule has 5 aromatic carbocycles. The van der Waals surface area contributed by atoms with Gasteiger partial charge in [0.25, 0.3) is 35.4 Å². The maximum absolute atomic E-state index is 13.8. The second kappa shape index (κ2) is 11.6. The van der Waals surface area contributed by atoms with Gasteiger partial charge >= 0.3 is 0 Å². The molecule has 3 heterocycles. The molecular weight excluding hydrogens is 658 g/mol. The van der Waals surface area contributed by atoms with E-state index in [1.54, 1.807) is 6.07 Å². The number of amides is 6. The molecule has 0 aromatic heterocycles. The first-order valence-electron chi connectivity index (χ1n) is 15.5. The summed E-state index contributed by atoms with van der Waals surface area (Å²) in [4.78, 5) is 84.0. The van der Waals surface area contributed by atoms with Gasteiger partial charge in [-0.25, -0.2) is 14.7 Å². The quantitative estimate of drug-likeness (QED) is 0.170. The van der Waals surface area contributed by atoms with Crippen LogP contribution in [-0.4, -0.2) is 35.4 Å². The standard InChI is InChI=1S/C42H19N3O7/c1-4-23-7-15-29-32(19-23)40(49)43(37(29)46)26-10-12-27(13-11-26)52-28-14-18-35(44-38(47)30-16-8-24(5-2)20-33(30)41(44)50)36(22-28)45-39(48)31-17-9-25(6-3)21-34(31)42(45)51/h1-3,7-22H. The predicted octanol–water partition coefficient (Wildman–Crippen LogP) is 5.82. The summed E-state index contributed by atoms with van der Waals surface area (Å²) in [7, 11) is 0. The van der Waals surface area contributed by atoms with Crippen LogP contribution in [0.15, 0.2) is 97.1 Å². The summed E-state index contributed by atoms with van der Waals surface area (Å²) in [6.07, 6.45) is 16.5. The largest absolute Gasteiger partial charge is 0.457 e. The van der Waals surface area contributed by atoms with Gasteiger partial charge in [0.1, 0.15) is 11.5 Å². The number of fused-ring (bicyclic) bond motifs is 3. The lowest BCUT2D eigenvalue weighted by atomic mass is 10.1. The average molecular weight is 678 g/mol. The second-order valence-electron chi connectivity index (χ2n) is 11.8. The number of imide groups is 3. The number of carbonyl (C=O) groups excluding carboxylic acids is 6. The molecule has 5 aromatic rings. The molecule has 0 saturated carbocycles. The second-order valence-corrected chi connectivity index (χ2v) is 11.8. The summed E-state index contributed by atoms with van der Waals surface area (Å²) < 4.78 is 6.09. The monoisotopic (exact) mass is 677 g/mol. The van der Waals surface area contributed by atoms with Gasteiger partial charge in [-0.15, -0.1) is 19.3 Å². The molecule has 3 aliphatic heterocycles. The zero-order valence-corrected chi connectivity index (χ0v) is 26.7. The topological polar surface area (TPSA) is 121 Å². The average Bonchev–Trinajstić information content (AvgIpc) is 3.68. The first kappa shape index (κ1) is 31.3. The Bertz CT molecular complexity index is 2670. The van der Waals surface area contributed by atoms with Crippen LogP contribution < -0.4 is 19.4 Å². The van der Waals surface area contributed by atoms with E-state index in [9.17, 15) is 28.8 Å². The minimum absolute atomic E-state index is 0.0537. The van der Waals surface area contributed by atoms with Crippen molar-refractivity contribution in [2.75, 3.05) is 14.7 Å². The lowest BCUT2D eigenvalue weighted by Gasteiger charge is -2.24.